The van der Waals surface area contributed by atoms with Crippen LogP contribution < -0.4 is 0 Å². The molecule has 4 nitrogen and oxygen atoms in total. The molecule has 0 aliphatic heterocycles. The van der Waals surface area contributed by atoms with Crippen molar-refractivity contribution in [2.75, 3.05) is 0 Å². The second kappa shape index (κ2) is 6.88. The second-order valence-electron chi connectivity index (χ2n) is 2.95. The zero-order valence-electron chi connectivity index (χ0n) is 8.33. The maximum atomic E-state index is 11.0. The van der Waals surface area contributed by atoms with Crippen LogP contribution in [0.15, 0.2) is 47.4 Å². The van der Waals surface area contributed by atoms with Crippen LogP contribution in [-0.4, -0.2) is 49.3 Å². The van der Waals surface area contributed by atoms with Crippen molar-refractivity contribution in [2.24, 2.45) is 0 Å². The van der Waals surface area contributed by atoms with Crippen molar-refractivity contribution < 1.29 is 17.8 Å². The van der Waals surface area contributed by atoms with E-state index in [2.05, 4.69) is 0 Å². The molecule has 0 aromatic heterocycles. The summed E-state index contributed by atoms with van der Waals surface area (Å²) < 4.78 is 31.0. The summed E-state index contributed by atoms with van der Waals surface area (Å²) in [6, 6.07) is 11.8. The van der Waals surface area contributed by atoms with E-state index in [1.165, 1.54) is 6.07 Å². The Bertz CT molecular complexity index is 590. The van der Waals surface area contributed by atoms with Crippen LogP contribution in [0.25, 0.3) is 10.8 Å². The molecule has 0 aliphatic rings. The normalized spacial score (nSPS) is 9.94. The monoisotopic (exact) mass is 262 g/mol. The summed E-state index contributed by atoms with van der Waals surface area (Å²) in [5.41, 5.74) is 0. The summed E-state index contributed by atoms with van der Waals surface area (Å²) in [5, 5.41) is 1.33. The van der Waals surface area contributed by atoms with Crippen LogP contribution in [0, 0.1) is 0 Å². The fourth-order valence-corrected chi connectivity index (χ4v) is 2.13. The molecule has 0 amide bonds. The van der Waals surface area contributed by atoms with Crippen molar-refractivity contribution in [3.05, 3.63) is 42.5 Å². The molecular weight excluding hydrogens is 251 g/mol. The number of fused-ring (bicyclic) bond motifs is 1. The Morgan fingerprint density at radius 2 is 1.47 bits per heavy atom. The van der Waals surface area contributed by atoms with Crippen LogP contribution in [-0.2, 0) is 14.9 Å². The van der Waals surface area contributed by atoms with Gasteiger partial charge in [0.05, 0.1) is 0 Å². The van der Waals surface area contributed by atoms with Gasteiger partial charge in [-0.3, -0.25) is 4.55 Å². The molecule has 0 saturated carbocycles. The number of rotatable bonds is 1. The SMILES string of the molecule is C=O.O=S(=O)(O)c1cccc2ccccc12.[NaH]. The fraction of sp³-hybridized carbons (Fsp3) is 0. The Balaban J connectivity index is 0.000000811. The first-order valence-electron chi connectivity index (χ1n) is 4.33. The Morgan fingerprint density at radius 3 is 2.06 bits per heavy atom. The summed E-state index contributed by atoms with van der Waals surface area (Å²) >= 11 is 0. The van der Waals surface area contributed by atoms with E-state index in [4.69, 9.17) is 9.35 Å². The maximum absolute atomic E-state index is 11.0. The predicted octanol–water partition coefficient (Wildman–Crippen LogP) is 1.25. The van der Waals surface area contributed by atoms with Gasteiger partial charge in [0.25, 0.3) is 10.1 Å². The summed E-state index contributed by atoms with van der Waals surface area (Å²) in [4.78, 5) is 7.95. The molecule has 0 atom stereocenters. The summed E-state index contributed by atoms with van der Waals surface area (Å²) in [6.45, 7) is 2.00. The van der Waals surface area contributed by atoms with Crippen LogP contribution in [0.1, 0.15) is 0 Å². The van der Waals surface area contributed by atoms with Gasteiger partial charge in [-0.1, -0.05) is 36.4 Å². The van der Waals surface area contributed by atoms with E-state index in [9.17, 15) is 8.42 Å². The molecule has 0 saturated heterocycles. The second-order valence-corrected chi connectivity index (χ2v) is 4.34. The molecule has 86 valence electrons. The van der Waals surface area contributed by atoms with E-state index in [0.717, 1.165) is 5.39 Å². The Hall–Kier alpha value is -0.720. The molecule has 1 N–H and O–H groups in total. The minimum absolute atomic E-state index is 0. The molecule has 0 heterocycles. The predicted molar refractivity (Wildman–Crippen MR) is 68.0 cm³/mol. The number of benzene rings is 2. The summed E-state index contributed by atoms with van der Waals surface area (Å²) in [5.74, 6) is 0. The summed E-state index contributed by atoms with van der Waals surface area (Å²) in [7, 11) is -4.13. The van der Waals surface area contributed by atoms with Gasteiger partial charge in [0.2, 0.25) is 0 Å². The van der Waals surface area contributed by atoms with Crippen LogP contribution in [0.3, 0.4) is 0 Å². The third-order valence-corrected chi connectivity index (χ3v) is 2.94. The van der Waals surface area contributed by atoms with Gasteiger partial charge in [-0.2, -0.15) is 8.42 Å². The molecule has 0 bridgehead atoms. The van der Waals surface area contributed by atoms with Crippen LogP contribution >= 0.6 is 0 Å². The zero-order valence-corrected chi connectivity index (χ0v) is 9.15. The van der Waals surface area contributed by atoms with Crippen LogP contribution in [0.5, 0.6) is 0 Å². The van der Waals surface area contributed by atoms with E-state index < -0.39 is 10.1 Å². The van der Waals surface area contributed by atoms with E-state index in [0.29, 0.717) is 5.39 Å². The molecule has 0 aliphatic carbocycles. The van der Waals surface area contributed by atoms with Crippen LogP contribution in [0.4, 0.5) is 0 Å². The molecule has 17 heavy (non-hydrogen) atoms. The number of hydrogen-bond donors (Lipinski definition) is 1. The molecule has 2 aromatic carbocycles. The number of carbonyl (C=O) groups is 1. The molecule has 0 unspecified atom stereocenters. The molecule has 2 rings (SSSR count). The van der Waals surface area contributed by atoms with Gasteiger partial charge >= 0.3 is 29.6 Å². The molecular formula is C11H11NaO4S. The molecule has 0 fully saturated rings. The van der Waals surface area contributed by atoms with Crippen LogP contribution in [0.2, 0.25) is 0 Å². The van der Waals surface area contributed by atoms with Crippen molar-refractivity contribution in [1.82, 2.24) is 0 Å². The quantitative estimate of drug-likeness (QED) is 0.620. The van der Waals surface area contributed by atoms with Crippen molar-refractivity contribution in [3.63, 3.8) is 0 Å². The van der Waals surface area contributed by atoms with Gasteiger partial charge in [0.15, 0.2) is 0 Å². The van der Waals surface area contributed by atoms with Gasteiger partial charge < -0.3 is 4.79 Å². The van der Waals surface area contributed by atoms with Crippen molar-refractivity contribution in [2.45, 2.75) is 4.90 Å². The number of hydrogen-bond acceptors (Lipinski definition) is 3. The third kappa shape index (κ3) is 3.90. The average Bonchev–Trinajstić information content (AvgIpc) is 2.30. The van der Waals surface area contributed by atoms with Gasteiger partial charge in [-0.15, -0.1) is 0 Å². The fourth-order valence-electron chi connectivity index (χ4n) is 1.42. The zero-order chi connectivity index (χ0) is 12.2. The third-order valence-electron chi connectivity index (χ3n) is 2.03. The van der Waals surface area contributed by atoms with Crippen molar-refractivity contribution in [3.8, 4) is 0 Å². The van der Waals surface area contributed by atoms with Gasteiger partial charge in [0, 0.05) is 5.39 Å². The molecule has 6 heteroatoms. The Morgan fingerprint density at radius 1 is 0.941 bits per heavy atom. The van der Waals surface area contributed by atoms with Crippen molar-refractivity contribution >= 4 is 57.2 Å². The molecule has 2 aromatic rings. The van der Waals surface area contributed by atoms with Gasteiger partial charge in [0.1, 0.15) is 11.7 Å². The van der Waals surface area contributed by atoms with E-state index in [1.807, 2.05) is 12.9 Å². The molecule has 0 radical (unpaired) electrons. The average molecular weight is 262 g/mol. The van der Waals surface area contributed by atoms with E-state index in [-0.39, 0.29) is 34.5 Å². The first-order chi connectivity index (χ1) is 7.59. The van der Waals surface area contributed by atoms with E-state index >= 15 is 0 Å². The first-order valence-corrected chi connectivity index (χ1v) is 5.77. The topological polar surface area (TPSA) is 71.4 Å². The number of carbonyl (C=O) groups excluding carboxylic acids is 1. The van der Waals surface area contributed by atoms with Gasteiger partial charge in [-0.25, -0.2) is 0 Å². The summed E-state index contributed by atoms with van der Waals surface area (Å²) in [6.07, 6.45) is 0. The van der Waals surface area contributed by atoms with Gasteiger partial charge in [-0.05, 0) is 11.5 Å². The van der Waals surface area contributed by atoms with Crippen molar-refractivity contribution in [1.29, 1.82) is 0 Å². The standard InChI is InChI=1S/C10H8O3S.CH2O.Na.H/c11-14(12,13)10-7-3-5-8-4-1-2-6-9(8)10;1-2;;/h1-7H,(H,11,12,13);1H2;;. The Kier molecular flexibility index (Phi) is 6.59. The minimum atomic E-state index is -4.13. The molecule has 0 spiro atoms. The first kappa shape index (κ1) is 16.3. The van der Waals surface area contributed by atoms with E-state index in [1.54, 1.807) is 30.3 Å². The Labute approximate surface area is 122 Å².